The van der Waals surface area contributed by atoms with E-state index in [-0.39, 0.29) is 0 Å². The van der Waals surface area contributed by atoms with Crippen molar-refractivity contribution in [2.24, 2.45) is 0 Å². The van der Waals surface area contributed by atoms with Gasteiger partial charge in [0.05, 0.1) is 0 Å². The zero-order chi connectivity index (χ0) is 29.9. The first kappa shape index (κ1) is 33.3. The average Bonchev–Trinajstić information content (AvgIpc) is 3.62. The van der Waals surface area contributed by atoms with Gasteiger partial charge in [-0.05, 0) is 24.0 Å². The molecule has 0 saturated heterocycles. The minimum absolute atomic E-state index is 0.972. The fraction of sp³-hybridized carbons (Fsp3) is 0.211. The van der Waals surface area contributed by atoms with E-state index in [1.165, 1.54) is 80.6 Å². The molecule has 0 aromatic heterocycles. The Hall–Kier alpha value is -1.64. The van der Waals surface area contributed by atoms with Crippen molar-refractivity contribution in [1.29, 1.82) is 0 Å². The number of halogens is 2. The molecule has 0 heterocycles. The van der Waals surface area contributed by atoms with Crippen molar-refractivity contribution in [2.45, 2.75) is 49.4 Å². The van der Waals surface area contributed by atoms with E-state index in [1.807, 2.05) is 0 Å². The molecule has 0 saturated carbocycles. The van der Waals surface area contributed by atoms with Crippen LogP contribution in [0.25, 0.3) is 43.8 Å². The SMILES string of the molecule is CCCc1cc2c(-c3ccccc3)cccc2[cH-]1.CCCc1cc2c(-c3ccccc3)cccc2[cH-]1.[CH3][Sn]([CH3])=[Zr]([Cl])[Cl]. The monoisotopic (exact) mass is 776 g/mol. The van der Waals surface area contributed by atoms with E-state index in [1.54, 1.807) is 0 Å². The van der Waals surface area contributed by atoms with Gasteiger partial charge in [-0.25, -0.2) is 0 Å². The van der Waals surface area contributed by atoms with Crippen molar-refractivity contribution in [2.75, 3.05) is 0 Å². The van der Waals surface area contributed by atoms with Crippen molar-refractivity contribution >= 4 is 53.1 Å². The molecule has 0 aliphatic rings. The molecular formula is C38H40Cl2SnZr-2. The first-order chi connectivity index (χ1) is 20.4. The second-order valence-corrected chi connectivity index (χ2v) is 59.1. The molecule has 42 heavy (non-hydrogen) atoms. The predicted molar refractivity (Wildman–Crippen MR) is 187 cm³/mol. The molecule has 6 rings (SSSR count). The summed E-state index contributed by atoms with van der Waals surface area (Å²) in [5.74, 6) is 0. The average molecular weight is 778 g/mol. The second-order valence-electron chi connectivity index (χ2n) is 10.8. The number of benzene rings is 4. The molecule has 0 N–H and O–H groups in total. The molecule has 0 aliphatic carbocycles. The summed E-state index contributed by atoms with van der Waals surface area (Å²) in [5.41, 5.74) is 8.20. The Labute approximate surface area is 269 Å². The Morgan fingerprint density at radius 1 is 0.571 bits per heavy atom. The maximum atomic E-state index is 5.66. The van der Waals surface area contributed by atoms with Gasteiger partial charge in [0.1, 0.15) is 0 Å². The van der Waals surface area contributed by atoms with Gasteiger partial charge in [0.15, 0.2) is 0 Å². The third-order valence-corrected chi connectivity index (χ3v) is 51.9. The standard InChI is InChI=1S/2C18H17.2CH3.2ClH.Sn.Zr/c2*1-2-7-14-12-16-10-6-11-17(18(16)13-14)15-8-4-3-5-9-15;;;;;;/h2*3-6,8-13H,2,7H2,1H3;2*1H3;2*1H;;/q2*-1;;;;;;+2/p-2. The van der Waals surface area contributed by atoms with Crippen LogP contribution in [-0.4, -0.2) is 14.6 Å². The van der Waals surface area contributed by atoms with Gasteiger partial charge in [0, 0.05) is 0 Å². The summed E-state index contributed by atoms with van der Waals surface area (Å²) in [6.45, 7) is 4.46. The zero-order valence-electron chi connectivity index (χ0n) is 25.1. The van der Waals surface area contributed by atoms with E-state index in [0.29, 0.717) is 0 Å². The fourth-order valence-electron chi connectivity index (χ4n) is 5.20. The Morgan fingerprint density at radius 2 is 0.952 bits per heavy atom. The molecule has 0 aliphatic heterocycles. The van der Waals surface area contributed by atoms with E-state index < -0.39 is 29.1 Å². The van der Waals surface area contributed by atoms with Crippen LogP contribution in [0.2, 0.25) is 9.88 Å². The van der Waals surface area contributed by atoms with Crippen molar-refractivity contribution in [3.8, 4) is 22.3 Å². The molecule has 0 nitrogen and oxygen atoms in total. The fourth-order valence-corrected chi connectivity index (χ4v) is 5.20. The van der Waals surface area contributed by atoms with Gasteiger partial charge < -0.3 is 0 Å². The summed E-state index contributed by atoms with van der Waals surface area (Å²) in [6.07, 6.45) is 4.75. The quantitative estimate of drug-likeness (QED) is 0.117. The van der Waals surface area contributed by atoms with Gasteiger partial charge in [-0.15, -0.1) is 69.1 Å². The van der Waals surface area contributed by atoms with Gasteiger partial charge >= 0.3 is 56.0 Å². The maximum absolute atomic E-state index is 5.66. The molecule has 0 radical (unpaired) electrons. The summed E-state index contributed by atoms with van der Waals surface area (Å²) in [6, 6.07) is 43.8. The number of hydrogen-bond acceptors (Lipinski definition) is 0. The van der Waals surface area contributed by atoms with Crippen LogP contribution in [0.4, 0.5) is 0 Å². The molecule has 0 atom stereocenters. The molecule has 0 fully saturated rings. The molecule has 0 bridgehead atoms. The Bertz CT molecular complexity index is 1590. The summed E-state index contributed by atoms with van der Waals surface area (Å²) < 4.78 is 0. The molecular weight excluding hydrogens is 737 g/mol. The van der Waals surface area contributed by atoms with Gasteiger partial charge in [-0.2, -0.15) is 12.1 Å². The number of rotatable bonds is 6. The minimum atomic E-state index is -1.56. The van der Waals surface area contributed by atoms with E-state index in [2.05, 4.69) is 145 Å². The molecule has 6 aromatic rings. The van der Waals surface area contributed by atoms with Crippen LogP contribution < -0.4 is 0 Å². The van der Waals surface area contributed by atoms with Crippen molar-refractivity contribution < 1.29 is 14.5 Å². The Morgan fingerprint density at radius 3 is 1.29 bits per heavy atom. The summed E-state index contributed by atoms with van der Waals surface area (Å²) in [4.78, 5) is 4.52. The van der Waals surface area contributed by atoms with E-state index in [9.17, 15) is 0 Å². The first-order valence-electron chi connectivity index (χ1n) is 14.9. The number of hydrogen-bond donors (Lipinski definition) is 0. The van der Waals surface area contributed by atoms with Crippen LogP contribution in [-0.2, 0) is 27.4 Å². The zero-order valence-corrected chi connectivity index (χ0v) is 32.0. The van der Waals surface area contributed by atoms with E-state index >= 15 is 0 Å². The van der Waals surface area contributed by atoms with E-state index in [4.69, 9.17) is 17.0 Å². The summed E-state index contributed by atoms with van der Waals surface area (Å²) >= 11 is -2.53. The molecule has 6 aromatic carbocycles. The molecule has 216 valence electrons. The van der Waals surface area contributed by atoms with Gasteiger partial charge in [-0.3, -0.25) is 0 Å². The Kier molecular flexibility index (Phi) is 13.5. The van der Waals surface area contributed by atoms with Crippen LogP contribution in [0.1, 0.15) is 37.8 Å². The van der Waals surface area contributed by atoms with Crippen LogP contribution in [0, 0.1) is 0 Å². The van der Waals surface area contributed by atoms with Crippen molar-refractivity contribution in [3.63, 3.8) is 0 Å². The van der Waals surface area contributed by atoms with Gasteiger partial charge in [-0.1, -0.05) is 111 Å². The molecule has 0 unspecified atom stereocenters. The van der Waals surface area contributed by atoms with E-state index in [0.717, 1.165) is 0 Å². The van der Waals surface area contributed by atoms with Gasteiger partial charge in [0.2, 0.25) is 0 Å². The summed E-state index contributed by atoms with van der Waals surface area (Å²) in [5, 5.41) is 5.49. The topological polar surface area (TPSA) is 0 Å². The third-order valence-electron chi connectivity index (χ3n) is 7.25. The van der Waals surface area contributed by atoms with Crippen LogP contribution in [0.3, 0.4) is 0 Å². The Balaban J connectivity index is 0.000000162. The number of aryl methyl sites for hydroxylation is 2. The van der Waals surface area contributed by atoms with Crippen molar-refractivity contribution in [3.05, 3.63) is 132 Å². The third kappa shape index (κ3) is 9.18. The second kappa shape index (κ2) is 17.0. The summed E-state index contributed by atoms with van der Waals surface area (Å²) in [7, 11) is 11.3. The molecule has 0 amide bonds. The molecule has 0 spiro atoms. The van der Waals surface area contributed by atoms with Crippen LogP contribution in [0.5, 0.6) is 0 Å². The first-order valence-corrected chi connectivity index (χ1v) is 36.6. The van der Waals surface area contributed by atoms with Gasteiger partial charge in [0.25, 0.3) is 0 Å². The predicted octanol–water partition coefficient (Wildman–Crippen LogP) is 12.5. The van der Waals surface area contributed by atoms with Crippen LogP contribution >= 0.6 is 17.0 Å². The van der Waals surface area contributed by atoms with Crippen molar-refractivity contribution in [1.82, 2.24) is 0 Å². The normalized spacial score (nSPS) is 10.5. The molecule has 4 heteroatoms. The van der Waals surface area contributed by atoms with Crippen LogP contribution in [0.15, 0.2) is 121 Å². The number of fused-ring (bicyclic) bond motifs is 2.